The van der Waals surface area contributed by atoms with E-state index in [0.717, 1.165) is 26.2 Å². The van der Waals surface area contributed by atoms with Crippen LogP contribution in [0.15, 0.2) is 60.7 Å². The highest BCUT2D eigenvalue weighted by molar-refractivity contribution is 5.78. The van der Waals surface area contributed by atoms with Gasteiger partial charge in [-0.3, -0.25) is 4.79 Å². The van der Waals surface area contributed by atoms with Gasteiger partial charge in [0.05, 0.1) is 0 Å². The van der Waals surface area contributed by atoms with Gasteiger partial charge >= 0.3 is 0 Å². The fourth-order valence-corrected chi connectivity index (χ4v) is 4.16. The van der Waals surface area contributed by atoms with E-state index in [1.165, 1.54) is 11.1 Å². The van der Waals surface area contributed by atoms with Crippen molar-refractivity contribution in [1.82, 2.24) is 10.2 Å². The van der Waals surface area contributed by atoms with E-state index in [2.05, 4.69) is 58.7 Å². The highest BCUT2D eigenvalue weighted by Crippen LogP contribution is 2.31. The SMILES string of the molecule is O=C(CC(c1ccccc1)c1ccccc1)N1C[C@H]2CNC[C@H]2C1. The second-order valence-electron chi connectivity index (χ2n) is 7.06. The minimum atomic E-state index is 0.137. The van der Waals surface area contributed by atoms with Crippen molar-refractivity contribution in [2.24, 2.45) is 11.8 Å². The summed E-state index contributed by atoms with van der Waals surface area (Å²) >= 11 is 0. The molecule has 0 bridgehead atoms. The first-order valence-electron chi connectivity index (χ1n) is 8.89. The molecule has 3 nitrogen and oxygen atoms in total. The van der Waals surface area contributed by atoms with Crippen LogP contribution in [0.25, 0.3) is 0 Å². The predicted molar refractivity (Wildman–Crippen MR) is 95.8 cm³/mol. The van der Waals surface area contributed by atoms with Crippen molar-refractivity contribution in [3.8, 4) is 0 Å². The lowest BCUT2D eigenvalue weighted by atomic mass is 9.88. The lowest BCUT2D eigenvalue weighted by molar-refractivity contribution is -0.130. The van der Waals surface area contributed by atoms with Crippen LogP contribution < -0.4 is 5.32 Å². The number of rotatable bonds is 4. The molecule has 0 aromatic heterocycles. The zero-order valence-electron chi connectivity index (χ0n) is 13.9. The van der Waals surface area contributed by atoms with E-state index < -0.39 is 0 Å². The van der Waals surface area contributed by atoms with Crippen LogP contribution in [0.1, 0.15) is 23.5 Å². The third kappa shape index (κ3) is 3.09. The minimum Gasteiger partial charge on any atom is -0.342 e. The lowest BCUT2D eigenvalue weighted by Gasteiger charge is -2.23. The van der Waals surface area contributed by atoms with Crippen molar-refractivity contribution < 1.29 is 4.79 Å². The molecule has 0 aliphatic carbocycles. The molecule has 3 heteroatoms. The van der Waals surface area contributed by atoms with Gasteiger partial charge in [-0.05, 0) is 23.0 Å². The summed E-state index contributed by atoms with van der Waals surface area (Å²) in [6.45, 7) is 3.98. The Labute approximate surface area is 143 Å². The normalized spacial score (nSPS) is 22.8. The summed E-state index contributed by atoms with van der Waals surface area (Å²) in [5, 5.41) is 3.44. The number of likely N-dealkylation sites (tertiary alicyclic amines) is 1. The van der Waals surface area contributed by atoms with Gasteiger partial charge in [0.2, 0.25) is 5.91 Å². The van der Waals surface area contributed by atoms with Crippen LogP contribution in [0.4, 0.5) is 0 Å². The maximum atomic E-state index is 12.9. The van der Waals surface area contributed by atoms with Crippen LogP contribution in [0, 0.1) is 11.8 Å². The quantitative estimate of drug-likeness (QED) is 0.939. The number of amides is 1. The Hall–Kier alpha value is -2.13. The summed E-state index contributed by atoms with van der Waals surface area (Å²) in [4.78, 5) is 15.0. The molecule has 0 unspecified atom stereocenters. The minimum absolute atomic E-state index is 0.137. The first kappa shape index (κ1) is 15.4. The van der Waals surface area contributed by atoms with E-state index in [-0.39, 0.29) is 5.92 Å². The van der Waals surface area contributed by atoms with Gasteiger partial charge in [0.1, 0.15) is 0 Å². The van der Waals surface area contributed by atoms with Crippen LogP contribution in [0.3, 0.4) is 0 Å². The summed E-state index contributed by atoms with van der Waals surface area (Å²) in [6.07, 6.45) is 0.556. The molecule has 4 rings (SSSR count). The van der Waals surface area contributed by atoms with Gasteiger partial charge in [-0.1, -0.05) is 60.7 Å². The van der Waals surface area contributed by atoms with Gasteiger partial charge in [0.15, 0.2) is 0 Å². The number of nitrogens with zero attached hydrogens (tertiary/aromatic N) is 1. The van der Waals surface area contributed by atoms with Crippen molar-refractivity contribution in [1.29, 1.82) is 0 Å². The van der Waals surface area contributed by atoms with Crippen LogP contribution in [-0.2, 0) is 4.79 Å². The molecule has 1 N–H and O–H groups in total. The smallest absolute Gasteiger partial charge is 0.223 e. The Morgan fingerprint density at radius 3 is 1.92 bits per heavy atom. The van der Waals surface area contributed by atoms with Crippen molar-refractivity contribution in [2.75, 3.05) is 26.2 Å². The van der Waals surface area contributed by atoms with Gasteiger partial charge in [0.25, 0.3) is 0 Å². The van der Waals surface area contributed by atoms with Gasteiger partial charge in [-0.2, -0.15) is 0 Å². The fourth-order valence-electron chi connectivity index (χ4n) is 4.16. The Balaban J connectivity index is 1.53. The van der Waals surface area contributed by atoms with Gasteiger partial charge in [-0.15, -0.1) is 0 Å². The van der Waals surface area contributed by atoms with Crippen LogP contribution in [0.5, 0.6) is 0 Å². The standard InChI is InChI=1S/C21H24N2O/c24-21(23-14-18-12-22-13-19(18)15-23)11-20(16-7-3-1-4-8-16)17-9-5-2-6-10-17/h1-10,18-20,22H,11-15H2/t18-,19+. The van der Waals surface area contributed by atoms with Crippen LogP contribution in [0.2, 0.25) is 0 Å². The summed E-state index contributed by atoms with van der Waals surface area (Å²) in [5.74, 6) is 1.74. The highest BCUT2D eigenvalue weighted by atomic mass is 16.2. The fraction of sp³-hybridized carbons (Fsp3) is 0.381. The van der Waals surface area contributed by atoms with E-state index in [0.29, 0.717) is 24.2 Å². The Morgan fingerprint density at radius 1 is 0.917 bits per heavy atom. The van der Waals surface area contributed by atoms with Crippen LogP contribution in [-0.4, -0.2) is 37.0 Å². The largest absolute Gasteiger partial charge is 0.342 e. The summed E-state index contributed by atoms with van der Waals surface area (Å²) < 4.78 is 0. The molecule has 0 saturated carbocycles. The molecule has 2 fully saturated rings. The predicted octanol–water partition coefficient (Wildman–Crippen LogP) is 2.89. The number of benzene rings is 2. The number of nitrogens with one attached hydrogen (secondary N) is 1. The molecule has 124 valence electrons. The monoisotopic (exact) mass is 320 g/mol. The molecular formula is C21H24N2O. The van der Waals surface area contributed by atoms with Gasteiger partial charge < -0.3 is 10.2 Å². The first-order valence-corrected chi connectivity index (χ1v) is 8.89. The molecule has 2 aromatic carbocycles. The van der Waals surface area contributed by atoms with Crippen molar-refractivity contribution in [3.05, 3.63) is 71.8 Å². The molecule has 2 aromatic rings. The van der Waals surface area contributed by atoms with E-state index >= 15 is 0 Å². The molecule has 0 radical (unpaired) electrons. The average Bonchev–Trinajstić information content (AvgIpc) is 3.23. The second kappa shape index (κ2) is 6.78. The average molecular weight is 320 g/mol. The zero-order valence-corrected chi connectivity index (χ0v) is 13.9. The summed E-state index contributed by atoms with van der Waals surface area (Å²) in [6, 6.07) is 20.8. The number of hydrogen-bond acceptors (Lipinski definition) is 2. The maximum absolute atomic E-state index is 12.9. The number of carbonyl (C=O) groups is 1. The van der Waals surface area contributed by atoms with Gasteiger partial charge in [-0.25, -0.2) is 0 Å². The van der Waals surface area contributed by atoms with Crippen LogP contribution >= 0.6 is 0 Å². The lowest BCUT2D eigenvalue weighted by Crippen LogP contribution is -2.32. The topological polar surface area (TPSA) is 32.3 Å². The first-order chi connectivity index (χ1) is 11.8. The molecule has 1 amide bonds. The highest BCUT2D eigenvalue weighted by Gasteiger charge is 2.38. The Morgan fingerprint density at radius 2 is 1.42 bits per heavy atom. The summed E-state index contributed by atoms with van der Waals surface area (Å²) in [5.41, 5.74) is 2.44. The van der Waals surface area contributed by atoms with Crippen molar-refractivity contribution in [3.63, 3.8) is 0 Å². The molecular weight excluding hydrogens is 296 g/mol. The molecule has 24 heavy (non-hydrogen) atoms. The van der Waals surface area contributed by atoms with E-state index in [1.807, 2.05) is 12.1 Å². The second-order valence-corrected chi connectivity index (χ2v) is 7.06. The molecule has 0 spiro atoms. The molecule has 2 saturated heterocycles. The van der Waals surface area contributed by atoms with E-state index in [4.69, 9.17) is 0 Å². The molecule has 2 atom stereocenters. The maximum Gasteiger partial charge on any atom is 0.223 e. The third-order valence-corrected chi connectivity index (χ3v) is 5.52. The zero-order chi connectivity index (χ0) is 16.4. The molecule has 2 heterocycles. The molecule has 2 aliphatic rings. The number of fused-ring (bicyclic) bond motifs is 1. The van der Waals surface area contributed by atoms with E-state index in [1.54, 1.807) is 0 Å². The Kier molecular flexibility index (Phi) is 4.35. The van der Waals surface area contributed by atoms with Crippen molar-refractivity contribution >= 4 is 5.91 Å². The summed E-state index contributed by atoms with van der Waals surface area (Å²) in [7, 11) is 0. The van der Waals surface area contributed by atoms with E-state index in [9.17, 15) is 4.79 Å². The van der Waals surface area contributed by atoms with Crippen molar-refractivity contribution in [2.45, 2.75) is 12.3 Å². The number of carbonyl (C=O) groups excluding carboxylic acids is 1. The third-order valence-electron chi connectivity index (χ3n) is 5.52. The molecule has 2 aliphatic heterocycles. The number of hydrogen-bond donors (Lipinski definition) is 1. The Bertz CT molecular complexity index is 634. The van der Waals surface area contributed by atoms with Gasteiger partial charge in [0, 0.05) is 38.5 Å².